The molecule has 0 unspecified atom stereocenters. The summed E-state index contributed by atoms with van der Waals surface area (Å²) in [5, 5.41) is 10.8. The molecule has 3 aromatic rings. The predicted molar refractivity (Wildman–Crippen MR) is 130 cm³/mol. The third-order valence-corrected chi connectivity index (χ3v) is 8.49. The number of rotatable bonds is 7. The van der Waals surface area contributed by atoms with Crippen LogP contribution in [0.25, 0.3) is 11.5 Å². The van der Waals surface area contributed by atoms with Crippen molar-refractivity contribution in [1.82, 2.24) is 19.5 Å². The average molecular weight is 557 g/mol. The van der Waals surface area contributed by atoms with Gasteiger partial charge in [-0.15, -0.1) is 0 Å². The highest BCUT2D eigenvalue weighted by atomic mass is 79.9. The first-order valence-corrected chi connectivity index (χ1v) is 12.3. The van der Waals surface area contributed by atoms with Crippen molar-refractivity contribution in [2.75, 3.05) is 25.1 Å². The summed E-state index contributed by atoms with van der Waals surface area (Å²) in [6.45, 7) is 2.96. The Bertz CT molecular complexity index is 1210. The SMILES string of the molecule is CO[C@H]1CN(c2nc(-c3nccn3C)c(C(=O)O)s2)CC[C@H]1CC(=O)c1[nH]c(C)c(Cl)c1Br. The fourth-order valence-electron chi connectivity index (χ4n) is 4.08. The fourth-order valence-corrected chi connectivity index (χ4v) is 5.77. The van der Waals surface area contributed by atoms with Crippen LogP contribution < -0.4 is 4.90 Å². The number of carbonyl (C=O) groups is 2. The number of piperidine rings is 1. The number of Topliss-reactive ketones (excluding diaryl/α,β-unsaturated/α-hetero) is 1. The van der Waals surface area contributed by atoms with Gasteiger partial charge in [-0.2, -0.15) is 0 Å². The zero-order chi connectivity index (χ0) is 23.9. The summed E-state index contributed by atoms with van der Waals surface area (Å²) in [5.41, 5.74) is 1.57. The van der Waals surface area contributed by atoms with Crippen molar-refractivity contribution in [2.24, 2.45) is 13.0 Å². The lowest BCUT2D eigenvalue weighted by Gasteiger charge is -2.37. The van der Waals surface area contributed by atoms with Crippen LogP contribution in [-0.2, 0) is 11.8 Å². The summed E-state index contributed by atoms with van der Waals surface area (Å²) < 4.78 is 8.06. The number of methoxy groups -OCH3 is 1. The molecular weight excluding hydrogens is 534 g/mol. The number of hydrogen-bond donors (Lipinski definition) is 2. The first-order chi connectivity index (χ1) is 15.7. The maximum atomic E-state index is 12.9. The van der Waals surface area contributed by atoms with E-state index in [1.54, 1.807) is 31.1 Å². The molecule has 0 bridgehead atoms. The van der Waals surface area contributed by atoms with Gasteiger partial charge in [0.15, 0.2) is 16.7 Å². The molecule has 9 nitrogen and oxygen atoms in total. The molecule has 1 aliphatic rings. The lowest BCUT2D eigenvalue weighted by atomic mass is 9.88. The van der Waals surface area contributed by atoms with Gasteiger partial charge in [-0.1, -0.05) is 22.9 Å². The van der Waals surface area contributed by atoms with Crippen molar-refractivity contribution in [3.8, 4) is 11.5 Å². The Morgan fingerprint density at radius 3 is 2.79 bits per heavy atom. The van der Waals surface area contributed by atoms with E-state index in [0.717, 1.165) is 17.0 Å². The molecule has 1 fully saturated rings. The topological polar surface area (TPSA) is 113 Å². The molecule has 176 valence electrons. The maximum Gasteiger partial charge on any atom is 0.348 e. The number of anilines is 1. The monoisotopic (exact) mass is 555 g/mol. The van der Waals surface area contributed by atoms with Crippen LogP contribution >= 0.6 is 38.9 Å². The van der Waals surface area contributed by atoms with E-state index in [4.69, 9.17) is 16.3 Å². The number of hydrogen-bond acceptors (Lipinski definition) is 7. The molecule has 4 heterocycles. The van der Waals surface area contributed by atoms with Crippen molar-refractivity contribution < 1.29 is 19.4 Å². The molecule has 12 heteroatoms. The number of ether oxygens (including phenoxy) is 1. The molecule has 0 aliphatic carbocycles. The third kappa shape index (κ3) is 4.59. The van der Waals surface area contributed by atoms with E-state index in [9.17, 15) is 14.7 Å². The summed E-state index contributed by atoms with van der Waals surface area (Å²) in [4.78, 5) is 38.9. The Hall–Kier alpha value is -2.21. The van der Waals surface area contributed by atoms with E-state index < -0.39 is 5.97 Å². The van der Waals surface area contributed by atoms with Gasteiger partial charge < -0.3 is 24.3 Å². The molecule has 1 saturated heterocycles. The second-order valence-electron chi connectivity index (χ2n) is 7.99. The summed E-state index contributed by atoms with van der Waals surface area (Å²) in [5.74, 6) is -0.548. The molecule has 2 atom stereocenters. The molecule has 3 aromatic heterocycles. The number of nitrogens with zero attached hydrogens (tertiary/aromatic N) is 4. The second kappa shape index (κ2) is 9.57. The molecule has 0 aromatic carbocycles. The summed E-state index contributed by atoms with van der Waals surface area (Å²) in [7, 11) is 3.43. The zero-order valence-electron chi connectivity index (χ0n) is 18.3. The molecule has 4 rings (SSSR count). The van der Waals surface area contributed by atoms with E-state index >= 15 is 0 Å². The van der Waals surface area contributed by atoms with Gasteiger partial charge in [-0.05, 0) is 35.2 Å². The van der Waals surface area contributed by atoms with Crippen LogP contribution in [0.3, 0.4) is 0 Å². The number of carbonyl (C=O) groups excluding carboxylic acids is 1. The van der Waals surface area contributed by atoms with E-state index in [1.165, 1.54) is 0 Å². The third-order valence-electron chi connectivity index (χ3n) is 5.89. The number of aromatic carboxylic acids is 1. The van der Waals surface area contributed by atoms with Gasteiger partial charge in [0.25, 0.3) is 0 Å². The predicted octanol–water partition coefficient (Wildman–Crippen LogP) is 4.41. The first kappa shape index (κ1) is 23.9. The smallest absolute Gasteiger partial charge is 0.348 e. The Balaban J connectivity index is 1.52. The van der Waals surface area contributed by atoms with Gasteiger partial charge in [0.1, 0.15) is 10.6 Å². The summed E-state index contributed by atoms with van der Waals surface area (Å²) >= 11 is 10.7. The van der Waals surface area contributed by atoms with Crippen molar-refractivity contribution >= 4 is 55.8 Å². The largest absolute Gasteiger partial charge is 0.477 e. The molecule has 0 radical (unpaired) electrons. The molecule has 33 heavy (non-hydrogen) atoms. The minimum Gasteiger partial charge on any atom is -0.477 e. The number of H-pyrrole nitrogens is 1. The number of nitrogens with one attached hydrogen (secondary N) is 1. The number of aromatic nitrogens is 4. The number of thiazole rings is 1. The van der Waals surface area contributed by atoms with Gasteiger partial charge in [-0.25, -0.2) is 14.8 Å². The number of carboxylic acid groups (broad SMARTS) is 1. The van der Waals surface area contributed by atoms with Crippen LogP contribution in [-0.4, -0.2) is 62.7 Å². The van der Waals surface area contributed by atoms with Gasteiger partial charge >= 0.3 is 5.97 Å². The van der Waals surface area contributed by atoms with E-state index in [-0.39, 0.29) is 22.7 Å². The summed E-state index contributed by atoms with van der Waals surface area (Å²) in [6.07, 6.45) is 4.18. The average Bonchev–Trinajstić information content (AvgIpc) is 3.48. The van der Waals surface area contributed by atoms with E-state index in [0.29, 0.717) is 57.8 Å². The molecular formula is C21H23BrClN5O4S. The number of halogens is 2. The number of carboxylic acids is 1. The molecule has 1 aliphatic heterocycles. The van der Waals surface area contributed by atoms with E-state index in [2.05, 4.69) is 30.9 Å². The highest BCUT2D eigenvalue weighted by Crippen LogP contribution is 2.36. The van der Waals surface area contributed by atoms with Crippen molar-refractivity contribution in [1.29, 1.82) is 0 Å². The van der Waals surface area contributed by atoms with Crippen LogP contribution in [0.15, 0.2) is 16.9 Å². The quantitative estimate of drug-likeness (QED) is 0.415. The number of imidazole rings is 1. The van der Waals surface area contributed by atoms with Crippen LogP contribution in [0.4, 0.5) is 5.13 Å². The van der Waals surface area contributed by atoms with Crippen LogP contribution in [0.2, 0.25) is 5.02 Å². The zero-order valence-corrected chi connectivity index (χ0v) is 21.4. The number of aryl methyl sites for hydroxylation is 2. The normalized spacial score (nSPS) is 18.6. The molecule has 0 saturated carbocycles. The van der Waals surface area contributed by atoms with Gasteiger partial charge in [0, 0.05) is 51.8 Å². The lowest BCUT2D eigenvalue weighted by Crippen LogP contribution is -2.45. The highest BCUT2D eigenvalue weighted by molar-refractivity contribution is 9.10. The maximum absolute atomic E-state index is 12.9. The number of aromatic amines is 1. The molecule has 0 amide bonds. The Morgan fingerprint density at radius 1 is 1.45 bits per heavy atom. The van der Waals surface area contributed by atoms with Crippen LogP contribution in [0.1, 0.15) is 38.7 Å². The molecule has 2 N–H and O–H groups in total. The van der Waals surface area contributed by atoms with Crippen molar-refractivity contribution in [3.63, 3.8) is 0 Å². The second-order valence-corrected chi connectivity index (χ2v) is 10.1. The van der Waals surface area contributed by atoms with Gasteiger partial charge in [0.05, 0.1) is 21.3 Å². The van der Waals surface area contributed by atoms with Gasteiger partial charge in [-0.3, -0.25) is 4.79 Å². The Kier molecular flexibility index (Phi) is 6.94. The van der Waals surface area contributed by atoms with Gasteiger partial charge in [0.2, 0.25) is 0 Å². The fraction of sp³-hybridized carbons (Fsp3) is 0.429. The molecule has 0 spiro atoms. The Morgan fingerprint density at radius 2 is 2.21 bits per heavy atom. The van der Waals surface area contributed by atoms with Crippen molar-refractivity contribution in [3.05, 3.63) is 38.2 Å². The van der Waals surface area contributed by atoms with Crippen LogP contribution in [0, 0.1) is 12.8 Å². The summed E-state index contributed by atoms with van der Waals surface area (Å²) in [6, 6.07) is 0. The number of ketones is 1. The minimum absolute atomic E-state index is 0.0148. The highest BCUT2D eigenvalue weighted by Gasteiger charge is 2.34. The minimum atomic E-state index is -1.04. The van der Waals surface area contributed by atoms with E-state index in [1.807, 2.05) is 11.8 Å². The first-order valence-electron chi connectivity index (χ1n) is 10.3. The van der Waals surface area contributed by atoms with Crippen molar-refractivity contribution in [2.45, 2.75) is 25.9 Å². The lowest BCUT2D eigenvalue weighted by molar-refractivity contribution is 0.0374. The van der Waals surface area contributed by atoms with Crippen LogP contribution in [0.5, 0.6) is 0 Å². The Labute approximate surface area is 207 Å². The standard InChI is InChI=1S/C21H23BrClN5O4S/c1-10-15(23)14(22)16(25-10)12(29)8-11-4-6-28(9-13(11)32-3)21-26-17(18(33-21)20(30)31)19-24-5-7-27(19)2/h5,7,11,13,25H,4,6,8-9H2,1-3H3,(H,30,31)/t11-,13-/m0/s1.